The predicted molar refractivity (Wildman–Crippen MR) is 76.3 cm³/mol. The zero-order chi connectivity index (χ0) is 14.3. The summed E-state index contributed by atoms with van der Waals surface area (Å²) in [7, 11) is -3.47. The maximum Gasteiger partial charge on any atom is 0.240 e. The molecule has 19 heavy (non-hydrogen) atoms. The minimum Gasteiger partial charge on any atom is -0.398 e. The lowest BCUT2D eigenvalue weighted by Crippen LogP contribution is -2.25. The molecule has 1 rings (SSSR count). The molecule has 0 bridgehead atoms. The van der Waals surface area contributed by atoms with Gasteiger partial charge in [-0.3, -0.25) is 0 Å². The van der Waals surface area contributed by atoms with Crippen LogP contribution in [0, 0.1) is 6.92 Å². The topological polar surface area (TPSA) is 92.4 Å². The van der Waals surface area contributed by atoms with Crippen molar-refractivity contribution < 1.29 is 13.5 Å². The Morgan fingerprint density at radius 2 is 1.89 bits per heavy atom. The summed E-state index contributed by atoms with van der Waals surface area (Å²) in [5.41, 5.74) is 7.05. The summed E-state index contributed by atoms with van der Waals surface area (Å²) in [6.45, 7) is 2.43. The number of unbranched alkanes of at least 4 members (excludes halogenated alkanes) is 3. The Labute approximate surface area is 114 Å². The fraction of sp³-hybridized carbons (Fsp3) is 0.538. The molecule has 108 valence electrons. The second kappa shape index (κ2) is 7.47. The second-order valence-corrected chi connectivity index (χ2v) is 6.32. The molecule has 0 aliphatic heterocycles. The quantitative estimate of drug-likeness (QED) is 0.497. The largest absolute Gasteiger partial charge is 0.398 e. The van der Waals surface area contributed by atoms with Crippen LogP contribution in [0.4, 0.5) is 5.69 Å². The molecule has 0 amide bonds. The second-order valence-electron chi connectivity index (χ2n) is 4.55. The summed E-state index contributed by atoms with van der Waals surface area (Å²) >= 11 is 0. The van der Waals surface area contributed by atoms with E-state index in [1.54, 1.807) is 12.1 Å². The Balaban J connectivity index is 2.49. The van der Waals surface area contributed by atoms with Crippen molar-refractivity contribution in [2.24, 2.45) is 0 Å². The minimum absolute atomic E-state index is 0.189. The Bertz CT molecular complexity index is 501. The Hall–Kier alpha value is -1.11. The van der Waals surface area contributed by atoms with Gasteiger partial charge in [0.25, 0.3) is 0 Å². The number of aryl methyl sites for hydroxylation is 1. The van der Waals surface area contributed by atoms with Gasteiger partial charge in [0.2, 0.25) is 10.0 Å². The predicted octanol–water partition coefficient (Wildman–Crippen LogP) is 1.41. The standard InChI is InChI=1S/C13H22N2O3S/c1-11-6-7-12(10-13(11)14)19(17,18)15-8-4-2-3-5-9-16/h6-7,10,15-16H,2-5,8-9,14H2,1H3. The van der Waals surface area contributed by atoms with Crippen molar-refractivity contribution >= 4 is 15.7 Å². The fourth-order valence-corrected chi connectivity index (χ4v) is 2.77. The van der Waals surface area contributed by atoms with Gasteiger partial charge < -0.3 is 10.8 Å². The first-order chi connectivity index (χ1) is 8.97. The van der Waals surface area contributed by atoms with E-state index in [4.69, 9.17) is 10.8 Å². The average Bonchev–Trinajstić information content (AvgIpc) is 2.36. The number of benzene rings is 1. The average molecular weight is 286 g/mol. The molecular formula is C13H22N2O3S. The Morgan fingerprint density at radius 3 is 2.53 bits per heavy atom. The molecule has 0 heterocycles. The van der Waals surface area contributed by atoms with E-state index in [1.807, 2.05) is 6.92 Å². The van der Waals surface area contributed by atoms with Gasteiger partial charge >= 0.3 is 0 Å². The summed E-state index contributed by atoms with van der Waals surface area (Å²) in [6, 6.07) is 4.73. The van der Waals surface area contributed by atoms with Crippen molar-refractivity contribution in [2.75, 3.05) is 18.9 Å². The number of nitrogens with two attached hydrogens (primary N) is 1. The van der Waals surface area contributed by atoms with Gasteiger partial charge in [0.05, 0.1) is 4.90 Å². The molecule has 1 aromatic rings. The van der Waals surface area contributed by atoms with E-state index in [2.05, 4.69) is 4.72 Å². The highest BCUT2D eigenvalue weighted by Gasteiger charge is 2.13. The Morgan fingerprint density at radius 1 is 1.21 bits per heavy atom. The van der Waals surface area contributed by atoms with Crippen LogP contribution in [0.1, 0.15) is 31.2 Å². The van der Waals surface area contributed by atoms with E-state index in [0.717, 1.165) is 31.2 Å². The number of nitrogens with one attached hydrogen (secondary N) is 1. The Kier molecular flexibility index (Phi) is 6.27. The summed E-state index contributed by atoms with van der Waals surface area (Å²) in [5.74, 6) is 0. The van der Waals surface area contributed by atoms with Gasteiger partial charge in [-0.2, -0.15) is 0 Å². The molecule has 0 fully saturated rings. The van der Waals surface area contributed by atoms with E-state index in [-0.39, 0.29) is 11.5 Å². The molecule has 0 radical (unpaired) electrons. The van der Waals surface area contributed by atoms with Gasteiger partial charge in [-0.1, -0.05) is 18.9 Å². The van der Waals surface area contributed by atoms with Gasteiger partial charge in [0.1, 0.15) is 0 Å². The zero-order valence-corrected chi connectivity index (χ0v) is 12.0. The molecule has 0 aromatic heterocycles. The van der Waals surface area contributed by atoms with Crippen LogP contribution >= 0.6 is 0 Å². The maximum atomic E-state index is 12.0. The van der Waals surface area contributed by atoms with E-state index in [9.17, 15) is 8.42 Å². The number of nitrogen functional groups attached to an aromatic ring is 1. The molecule has 0 saturated carbocycles. The van der Waals surface area contributed by atoms with Gasteiger partial charge in [0, 0.05) is 18.8 Å². The molecule has 0 saturated heterocycles. The number of rotatable bonds is 8. The van der Waals surface area contributed by atoms with Crippen molar-refractivity contribution in [3.63, 3.8) is 0 Å². The lowest BCUT2D eigenvalue weighted by atomic mass is 10.2. The highest BCUT2D eigenvalue weighted by atomic mass is 32.2. The molecule has 5 nitrogen and oxygen atoms in total. The third-order valence-corrected chi connectivity index (χ3v) is 4.40. The van der Waals surface area contributed by atoms with Crippen LogP contribution in [-0.2, 0) is 10.0 Å². The molecule has 6 heteroatoms. The number of anilines is 1. The smallest absolute Gasteiger partial charge is 0.240 e. The third kappa shape index (κ3) is 5.18. The highest BCUT2D eigenvalue weighted by Crippen LogP contribution is 2.16. The van der Waals surface area contributed by atoms with Crippen LogP contribution in [0.2, 0.25) is 0 Å². The summed E-state index contributed by atoms with van der Waals surface area (Å²) < 4.78 is 26.5. The number of hydrogen-bond acceptors (Lipinski definition) is 4. The first-order valence-corrected chi connectivity index (χ1v) is 7.92. The number of hydrogen-bond donors (Lipinski definition) is 3. The fourth-order valence-electron chi connectivity index (χ4n) is 1.67. The SMILES string of the molecule is Cc1ccc(S(=O)(=O)NCCCCCCO)cc1N. The first kappa shape index (κ1) is 15.9. The molecule has 4 N–H and O–H groups in total. The lowest BCUT2D eigenvalue weighted by molar-refractivity contribution is 0.282. The van der Waals surface area contributed by atoms with Gasteiger partial charge in [-0.15, -0.1) is 0 Å². The van der Waals surface area contributed by atoms with Crippen molar-refractivity contribution in [3.05, 3.63) is 23.8 Å². The number of aliphatic hydroxyl groups is 1. The summed E-state index contributed by atoms with van der Waals surface area (Å²) in [5, 5.41) is 8.63. The molecule has 1 aromatic carbocycles. The van der Waals surface area contributed by atoms with Crippen molar-refractivity contribution in [2.45, 2.75) is 37.5 Å². The van der Waals surface area contributed by atoms with Gasteiger partial charge in [-0.25, -0.2) is 13.1 Å². The zero-order valence-electron chi connectivity index (χ0n) is 11.2. The lowest BCUT2D eigenvalue weighted by Gasteiger charge is -2.08. The molecule has 0 spiro atoms. The van der Waals surface area contributed by atoms with Crippen LogP contribution < -0.4 is 10.5 Å². The summed E-state index contributed by atoms with van der Waals surface area (Å²) in [4.78, 5) is 0.200. The van der Waals surface area contributed by atoms with Crippen molar-refractivity contribution in [1.29, 1.82) is 0 Å². The van der Waals surface area contributed by atoms with Crippen LogP contribution in [-0.4, -0.2) is 26.7 Å². The molecule has 0 unspecified atom stereocenters. The number of sulfonamides is 1. The van der Waals surface area contributed by atoms with Crippen LogP contribution in [0.25, 0.3) is 0 Å². The van der Waals surface area contributed by atoms with E-state index in [0.29, 0.717) is 12.2 Å². The first-order valence-electron chi connectivity index (χ1n) is 6.44. The van der Waals surface area contributed by atoms with Crippen molar-refractivity contribution in [1.82, 2.24) is 4.72 Å². The molecule has 0 aliphatic carbocycles. The number of aliphatic hydroxyl groups excluding tert-OH is 1. The van der Waals surface area contributed by atoms with Crippen LogP contribution in [0.5, 0.6) is 0 Å². The maximum absolute atomic E-state index is 12.0. The molecule has 0 aliphatic rings. The molecular weight excluding hydrogens is 264 g/mol. The van der Waals surface area contributed by atoms with Crippen LogP contribution in [0.15, 0.2) is 23.1 Å². The third-order valence-electron chi connectivity index (χ3n) is 2.94. The van der Waals surface area contributed by atoms with Crippen molar-refractivity contribution in [3.8, 4) is 0 Å². The minimum atomic E-state index is -3.47. The van der Waals surface area contributed by atoms with Gasteiger partial charge in [0.15, 0.2) is 0 Å². The monoisotopic (exact) mass is 286 g/mol. The highest BCUT2D eigenvalue weighted by molar-refractivity contribution is 7.89. The normalized spacial score (nSPS) is 11.7. The van der Waals surface area contributed by atoms with Gasteiger partial charge in [-0.05, 0) is 37.5 Å². The van der Waals surface area contributed by atoms with E-state index >= 15 is 0 Å². The summed E-state index contributed by atoms with van der Waals surface area (Å²) in [6.07, 6.45) is 3.34. The van der Waals surface area contributed by atoms with Crippen LogP contribution in [0.3, 0.4) is 0 Å². The van der Waals surface area contributed by atoms with E-state index in [1.165, 1.54) is 6.07 Å². The molecule has 0 atom stereocenters. The van der Waals surface area contributed by atoms with E-state index < -0.39 is 10.0 Å².